The van der Waals surface area contributed by atoms with Gasteiger partial charge in [0.15, 0.2) is 18.1 Å². The molecule has 2 aromatic rings. The Labute approximate surface area is 149 Å². The molecule has 5 nitrogen and oxygen atoms in total. The minimum atomic E-state index is -0.213. The molecule has 1 amide bonds. The summed E-state index contributed by atoms with van der Waals surface area (Å²) in [5, 5.41) is 6.19. The molecular weight excluding hydrogens is 316 g/mol. The van der Waals surface area contributed by atoms with Crippen LogP contribution < -0.4 is 20.1 Å². The van der Waals surface area contributed by atoms with Gasteiger partial charge in [0.25, 0.3) is 5.91 Å². The molecule has 0 spiro atoms. The summed E-state index contributed by atoms with van der Waals surface area (Å²) in [7, 11) is 1.57. The number of unbranched alkanes of at least 4 members (excludes halogenated alkanes) is 2. The number of methoxy groups -OCH3 is 1. The lowest BCUT2D eigenvalue weighted by Crippen LogP contribution is -2.20. The maximum atomic E-state index is 12.0. The van der Waals surface area contributed by atoms with Crippen LogP contribution in [-0.4, -0.2) is 26.2 Å². The molecule has 0 radical (unpaired) electrons. The maximum Gasteiger partial charge on any atom is 0.262 e. The van der Waals surface area contributed by atoms with Crippen molar-refractivity contribution in [2.24, 2.45) is 0 Å². The second-order valence-electron chi connectivity index (χ2n) is 5.70. The highest BCUT2D eigenvalue weighted by molar-refractivity contribution is 5.92. The fraction of sp³-hybridized carbons (Fsp3) is 0.350. The Morgan fingerprint density at radius 1 is 0.960 bits per heavy atom. The molecule has 0 saturated heterocycles. The fourth-order valence-corrected chi connectivity index (χ4v) is 2.36. The van der Waals surface area contributed by atoms with Crippen LogP contribution in [-0.2, 0) is 4.79 Å². The van der Waals surface area contributed by atoms with Crippen molar-refractivity contribution in [1.82, 2.24) is 0 Å². The summed E-state index contributed by atoms with van der Waals surface area (Å²) in [6, 6.07) is 14.9. The Bertz CT molecular complexity index is 656. The van der Waals surface area contributed by atoms with Gasteiger partial charge in [0, 0.05) is 17.9 Å². The second-order valence-corrected chi connectivity index (χ2v) is 5.70. The molecule has 2 aromatic carbocycles. The SMILES string of the molecule is CCCCCNc1ccc(NC(=O)COc2ccccc2OC)cc1. The Kier molecular flexibility index (Phi) is 7.63. The molecule has 0 aliphatic rings. The van der Waals surface area contributed by atoms with Gasteiger partial charge in [-0.05, 0) is 42.8 Å². The molecule has 0 saturated carbocycles. The van der Waals surface area contributed by atoms with Crippen molar-refractivity contribution in [3.63, 3.8) is 0 Å². The van der Waals surface area contributed by atoms with E-state index in [1.165, 1.54) is 12.8 Å². The number of rotatable bonds is 10. The van der Waals surface area contributed by atoms with E-state index >= 15 is 0 Å². The number of para-hydroxylation sites is 2. The number of ether oxygens (including phenoxy) is 2. The predicted molar refractivity (Wildman–Crippen MR) is 102 cm³/mol. The van der Waals surface area contributed by atoms with E-state index in [0.29, 0.717) is 11.5 Å². The smallest absolute Gasteiger partial charge is 0.262 e. The number of hydrogen-bond donors (Lipinski definition) is 2. The Hall–Kier alpha value is -2.69. The second kappa shape index (κ2) is 10.2. The topological polar surface area (TPSA) is 59.6 Å². The molecule has 0 atom stereocenters. The molecule has 2 rings (SSSR count). The van der Waals surface area contributed by atoms with E-state index in [0.717, 1.165) is 24.3 Å². The van der Waals surface area contributed by atoms with Crippen LogP contribution in [0, 0.1) is 0 Å². The molecule has 0 aromatic heterocycles. The molecule has 5 heteroatoms. The van der Waals surface area contributed by atoms with Crippen LogP contribution in [0.5, 0.6) is 11.5 Å². The number of hydrogen-bond acceptors (Lipinski definition) is 4. The summed E-state index contributed by atoms with van der Waals surface area (Å²) in [4.78, 5) is 12.0. The van der Waals surface area contributed by atoms with Crippen LogP contribution >= 0.6 is 0 Å². The Morgan fingerprint density at radius 3 is 2.32 bits per heavy atom. The lowest BCUT2D eigenvalue weighted by molar-refractivity contribution is -0.118. The highest BCUT2D eigenvalue weighted by Gasteiger charge is 2.07. The fourth-order valence-electron chi connectivity index (χ4n) is 2.36. The lowest BCUT2D eigenvalue weighted by Gasteiger charge is -2.11. The highest BCUT2D eigenvalue weighted by Crippen LogP contribution is 2.25. The minimum Gasteiger partial charge on any atom is -0.493 e. The van der Waals surface area contributed by atoms with Gasteiger partial charge in [0.2, 0.25) is 0 Å². The van der Waals surface area contributed by atoms with E-state index in [2.05, 4.69) is 17.6 Å². The number of anilines is 2. The van der Waals surface area contributed by atoms with Crippen molar-refractivity contribution < 1.29 is 14.3 Å². The van der Waals surface area contributed by atoms with Gasteiger partial charge >= 0.3 is 0 Å². The van der Waals surface area contributed by atoms with Crippen LogP contribution in [0.1, 0.15) is 26.2 Å². The lowest BCUT2D eigenvalue weighted by atomic mass is 10.2. The molecule has 0 unspecified atom stereocenters. The zero-order chi connectivity index (χ0) is 17.9. The van der Waals surface area contributed by atoms with Gasteiger partial charge < -0.3 is 20.1 Å². The third-order valence-corrected chi connectivity index (χ3v) is 3.71. The van der Waals surface area contributed by atoms with E-state index in [1.54, 1.807) is 19.2 Å². The van der Waals surface area contributed by atoms with Crippen molar-refractivity contribution in [2.75, 3.05) is 30.9 Å². The number of amides is 1. The molecule has 0 bridgehead atoms. The molecule has 0 aliphatic heterocycles. The first-order chi connectivity index (χ1) is 12.2. The molecule has 0 heterocycles. The molecule has 0 aliphatic carbocycles. The number of benzene rings is 2. The summed E-state index contributed by atoms with van der Waals surface area (Å²) < 4.78 is 10.7. The van der Waals surface area contributed by atoms with Crippen LogP contribution in [0.4, 0.5) is 11.4 Å². The van der Waals surface area contributed by atoms with Crippen molar-refractivity contribution in [3.05, 3.63) is 48.5 Å². The zero-order valence-corrected chi connectivity index (χ0v) is 14.9. The first kappa shape index (κ1) is 18.6. The Morgan fingerprint density at radius 2 is 1.64 bits per heavy atom. The molecule has 134 valence electrons. The minimum absolute atomic E-state index is 0.0720. The number of carbonyl (C=O) groups excluding carboxylic acids is 1. The first-order valence-corrected chi connectivity index (χ1v) is 8.62. The van der Waals surface area contributed by atoms with Gasteiger partial charge in [-0.1, -0.05) is 31.9 Å². The van der Waals surface area contributed by atoms with E-state index < -0.39 is 0 Å². The average molecular weight is 342 g/mol. The molecule has 0 fully saturated rings. The van der Waals surface area contributed by atoms with Gasteiger partial charge in [0.05, 0.1) is 7.11 Å². The van der Waals surface area contributed by atoms with Crippen LogP contribution in [0.15, 0.2) is 48.5 Å². The van der Waals surface area contributed by atoms with E-state index in [1.807, 2.05) is 36.4 Å². The number of nitrogens with one attached hydrogen (secondary N) is 2. The van der Waals surface area contributed by atoms with Crippen molar-refractivity contribution in [2.45, 2.75) is 26.2 Å². The highest BCUT2D eigenvalue weighted by atomic mass is 16.5. The van der Waals surface area contributed by atoms with Gasteiger partial charge in [0.1, 0.15) is 0 Å². The van der Waals surface area contributed by atoms with Crippen LogP contribution in [0.25, 0.3) is 0 Å². The monoisotopic (exact) mass is 342 g/mol. The standard InChI is InChI=1S/C20H26N2O3/c1-3-4-7-14-21-16-10-12-17(13-11-16)22-20(23)15-25-19-9-6-5-8-18(19)24-2/h5-6,8-13,21H,3-4,7,14-15H2,1-2H3,(H,22,23). The van der Waals surface area contributed by atoms with E-state index in [9.17, 15) is 4.79 Å². The third-order valence-electron chi connectivity index (χ3n) is 3.71. The first-order valence-electron chi connectivity index (χ1n) is 8.62. The summed E-state index contributed by atoms with van der Waals surface area (Å²) in [5.74, 6) is 0.940. The zero-order valence-electron chi connectivity index (χ0n) is 14.9. The van der Waals surface area contributed by atoms with Gasteiger partial charge in [-0.2, -0.15) is 0 Å². The van der Waals surface area contributed by atoms with Gasteiger partial charge in [-0.25, -0.2) is 0 Å². The Balaban J connectivity index is 1.78. The van der Waals surface area contributed by atoms with Gasteiger partial charge in [-0.3, -0.25) is 4.79 Å². The third kappa shape index (κ3) is 6.37. The summed E-state index contributed by atoms with van der Waals surface area (Å²) in [5.41, 5.74) is 1.80. The molecular formula is C20H26N2O3. The van der Waals surface area contributed by atoms with Gasteiger partial charge in [-0.15, -0.1) is 0 Å². The van der Waals surface area contributed by atoms with E-state index in [4.69, 9.17) is 9.47 Å². The quantitative estimate of drug-likeness (QED) is 0.632. The molecule has 2 N–H and O–H groups in total. The normalized spacial score (nSPS) is 10.2. The number of carbonyl (C=O) groups is 1. The van der Waals surface area contributed by atoms with E-state index in [-0.39, 0.29) is 12.5 Å². The summed E-state index contributed by atoms with van der Waals surface area (Å²) >= 11 is 0. The van der Waals surface area contributed by atoms with Crippen LogP contribution in [0.3, 0.4) is 0 Å². The summed E-state index contributed by atoms with van der Waals surface area (Å²) in [6.07, 6.45) is 3.60. The van der Waals surface area contributed by atoms with Crippen molar-refractivity contribution in [3.8, 4) is 11.5 Å². The largest absolute Gasteiger partial charge is 0.493 e. The van der Waals surface area contributed by atoms with Crippen LogP contribution in [0.2, 0.25) is 0 Å². The maximum absolute atomic E-state index is 12.0. The van der Waals surface area contributed by atoms with Crippen molar-refractivity contribution >= 4 is 17.3 Å². The van der Waals surface area contributed by atoms with Crippen molar-refractivity contribution in [1.29, 1.82) is 0 Å². The predicted octanol–water partition coefficient (Wildman–Crippen LogP) is 4.31. The average Bonchev–Trinajstić information content (AvgIpc) is 2.65. The molecule has 25 heavy (non-hydrogen) atoms. The summed E-state index contributed by atoms with van der Waals surface area (Å²) in [6.45, 7) is 3.08.